The summed E-state index contributed by atoms with van der Waals surface area (Å²) in [5.41, 5.74) is -2.84. The van der Waals surface area contributed by atoms with Crippen LogP contribution in [0.1, 0.15) is 13.8 Å². The summed E-state index contributed by atoms with van der Waals surface area (Å²) in [5, 5.41) is 14.8. The van der Waals surface area contributed by atoms with Crippen molar-refractivity contribution in [1.82, 2.24) is 0 Å². The predicted octanol–water partition coefficient (Wildman–Crippen LogP) is -0.521. The van der Waals surface area contributed by atoms with E-state index in [0.29, 0.717) is 6.92 Å². The molecule has 0 saturated carbocycles. The second kappa shape index (κ2) is 5.32. The first-order valence-corrected chi connectivity index (χ1v) is 8.09. The molecule has 0 aromatic rings. The van der Waals surface area contributed by atoms with Gasteiger partial charge in [-0.15, -0.1) is 0 Å². The van der Waals surface area contributed by atoms with Crippen LogP contribution < -0.4 is 0 Å². The average molecular weight is 320 g/mol. The van der Waals surface area contributed by atoms with Gasteiger partial charge in [0.15, 0.2) is 5.40 Å². The normalized spacial score (nSPS) is 17.8. The van der Waals surface area contributed by atoms with Crippen LogP contribution in [-0.2, 0) is 18.7 Å². The Morgan fingerprint density at radius 2 is 1.32 bits per heavy atom. The van der Waals surface area contributed by atoms with E-state index in [1.54, 1.807) is 0 Å². The van der Waals surface area contributed by atoms with E-state index in [1.807, 2.05) is 0 Å². The third-order valence-corrected chi connectivity index (χ3v) is 7.06. The molecule has 0 aliphatic rings. The van der Waals surface area contributed by atoms with Crippen LogP contribution in [0, 0.1) is 11.3 Å². The fourth-order valence-corrected chi connectivity index (χ4v) is 5.30. The summed E-state index contributed by atoms with van der Waals surface area (Å²) in [6, 6.07) is 0. The van der Waals surface area contributed by atoms with Gasteiger partial charge in [-0.2, -0.15) is 0 Å². The molecule has 12 heteroatoms. The molecular weight excluding hydrogens is 306 g/mol. The lowest BCUT2D eigenvalue weighted by molar-refractivity contribution is -0.160. The summed E-state index contributed by atoms with van der Waals surface area (Å²) in [4.78, 5) is 58.0. The Labute approximate surface area is 107 Å². The number of carboxylic acid groups (broad SMARTS) is 2. The van der Waals surface area contributed by atoms with Gasteiger partial charge >= 0.3 is 27.1 Å². The lowest BCUT2D eigenvalue weighted by Gasteiger charge is -2.36. The van der Waals surface area contributed by atoms with Crippen molar-refractivity contribution in [3.05, 3.63) is 0 Å². The van der Waals surface area contributed by atoms with Crippen molar-refractivity contribution in [2.45, 2.75) is 19.2 Å². The molecular formula is C7H14O10P2. The molecule has 2 unspecified atom stereocenters. The fourth-order valence-electron chi connectivity index (χ4n) is 1.67. The molecule has 6 N–H and O–H groups in total. The van der Waals surface area contributed by atoms with Gasteiger partial charge < -0.3 is 29.8 Å². The van der Waals surface area contributed by atoms with E-state index in [1.165, 1.54) is 0 Å². The third-order valence-electron chi connectivity index (χ3n) is 2.90. The molecule has 0 aromatic heterocycles. The highest BCUT2D eigenvalue weighted by Crippen LogP contribution is 2.67. The smallest absolute Gasteiger partial charge is 0.341 e. The van der Waals surface area contributed by atoms with Crippen LogP contribution in [0.3, 0.4) is 0 Å². The third kappa shape index (κ3) is 3.62. The van der Waals surface area contributed by atoms with Crippen molar-refractivity contribution in [2.75, 3.05) is 0 Å². The summed E-state index contributed by atoms with van der Waals surface area (Å²) in [6.07, 6.45) is 0. The summed E-state index contributed by atoms with van der Waals surface area (Å²) >= 11 is 0. The Morgan fingerprint density at radius 3 is 1.47 bits per heavy atom. The zero-order valence-corrected chi connectivity index (χ0v) is 11.7. The van der Waals surface area contributed by atoms with Crippen LogP contribution in [0.15, 0.2) is 0 Å². The quantitative estimate of drug-likeness (QED) is 0.347. The monoisotopic (exact) mass is 320 g/mol. The molecule has 10 nitrogen and oxygen atoms in total. The van der Waals surface area contributed by atoms with Gasteiger partial charge in [-0.05, 0) is 6.92 Å². The topological polar surface area (TPSA) is 190 Å². The molecule has 0 heterocycles. The van der Waals surface area contributed by atoms with Crippen LogP contribution >= 0.6 is 15.2 Å². The maximum atomic E-state index is 11.2. The first kappa shape index (κ1) is 18.2. The van der Waals surface area contributed by atoms with Crippen molar-refractivity contribution in [2.24, 2.45) is 11.3 Å². The van der Waals surface area contributed by atoms with Gasteiger partial charge in [0, 0.05) is 0 Å². The van der Waals surface area contributed by atoms with E-state index in [4.69, 9.17) is 29.8 Å². The maximum absolute atomic E-state index is 11.2. The van der Waals surface area contributed by atoms with Crippen LogP contribution in [0.25, 0.3) is 0 Å². The molecule has 0 radical (unpaired) electrons. The van der Waals surface area contributed by atoms with Gasteiger partial charge in [0.2, 0.25) is 0 Å². The summed E-state index contributed by atoms with van der Waals surface area (Å²) in [6.45, 7) is 1.38. The highest BCUT2D eigenvalue weighted by atomic mass is 31.2. The second-order valence-corrected chi connectivity index (χ2v) is 8.00. The van der Waals surface area contributed by atoms with Crippen LogP contribution in [0.4, 0.5) is 0 Å². The van der Waals surface area contributed by atoms with Gasteiger partial charge in [-0.1, -0.05) is 6.92 Å². The molecule has 112 valence electrons. The second-order valence-electron chi connectivity index (χ2n) is 4.20. The highest BCUT2D eigenvalue weighted by Gasteiger charge is 2.63. The SMILES string of the molecule is CC(C(=O)O)C(C)(C(=O)O)C(P(=O)(O)O)P(=O)(O)O. The number of aliphatic carboxylic acids is 2. The summed E-state index contributed by atoms with van der Waals surface area (Å²) < 4.78 is 22.4. The number of carbonyl (C=O) groups is 2. The molecule has 0 aromatic carbocycles. The Morgan fingerprint density at radius 1 is 1.00 bits per heavy atom. The Balaban J connectivity index is 6.27. The number of carboxylic acids is 2. The first-order chi connectivity index (χ1) is 8.16. The molecule has 0 aliphatic carbocycles. The molecule has 19 heavy (non-hydrogen) atoms. The van der Waals surface area contributed by atoms with Gasteiger partial charge in [0.1, 0.15) is 5.41 Å². The highest BCUT2D eigenvalue weighted by molar-refractivity contribution is 7.71. The standard InChI is InChI=1S/C7H14O10P2/c1-3(4(8)9)7(2,5(10)11)6(18(12,13)14)19(15,16)17/h3,6H,1-2H3,(H,8,9)(H,10,11)(H2,12,13,14)(H2,15,16,17). The van der Waals surface area contributed by atoms with E-state index in [9.17, 15) is 18.7 Å². The minimum Gasteiger partial charge on any atom is -0.481 e. The van der Waals surface area contributed by atoms with E-state index >= 15 is 0 Å². The molecule has 0 spiro atoms. The number of hydrogen-bond donors (Lipinski definition) is 6. The van der Waals surface area contributed by atoms with Gasteiger partial charge in [0.05, 0.1) is 5.92 Å². The van der Waals surface area contributed by atoms with E-state index in [2.05, 4.69) is 0 Å². The van der Waals surface area contributed by atoms with Crippen LogP contribution in [-0.4, -0.2) is 47.1 Å². The van der Waals surface area contributed by atoms with E-state index in [0.717, 1.165) is 6.92 Å². The Bertz CT molecular complexity index is 452. The van der Waals surface area contributed by atoms with Crippen molar-refractivity contribution in [3.8, 4) is 0 Å². The minimum atomic E-state index is -5.57. The fraction of sp³-hybridized carbons (Fsp3) is 0.714. The predicted molar refractivity (Wildman–Crippen MR) is 60.4 cm³/mol. The van der Waals surface area contributed by atoms with E-state index < -0.39 is 43.9 Å². The molecule has 0 aliphatic heterocycles. The zero-order valence-electron chi connectivity index (χ0n) is 9.87. The molecule has 0 fully saturated rings. The lowest BCUT2D eigenvalue weighted by Crippen LogP contribution is -2.47. The van der Waals surface area contributed by atoms with Crippen LogP contribution in [0.2, 0.25) is 0 Å². The minimum absolute atomic E-state index is 0.580. The van der Waals surface area contributed by atoms with Crippen molar-refractivity contribution in [1.29, 1.82) is 0 Å². The molecule has 0 rings (SSSR count). The van der Waals surface area contributed by atoms with Crippen molar-refractivity contribution < 1.29 is 48.5 Å². The molecule has 0 saturated heterocycles. The number of hydrogen-bond acceptors (Lipinski definition) is 4. The Hall–Kier alpha value is -0.760. The van der Waals surface area contributed by atoms with E-state index in [-0.39, 0.29) is 0 Å². The average Bonchev–Trinajstić information content (AvgIpc) is 2.10. The largest absolute Gasteiger partial charge is 0.481 e. The van der Waals surface area contributed by atoms with Gasteiger partial charge in [-0.3, -0.25) is 18.7 Å². The maximum Gasteiger partial charge on any atom is 0.341 e. The Kier molecular flexibility index (Phi) is 5.11. The summed E-state index contributed by atoms with van der Waals surface area (Å²) in [7, 11) is -11.1. The number of rotatable bonds is 6. The lowest BCUT2D eigenvalue weighted by atomic mass is 9.79. The van der Waals surface area contributed by atoms with Crippen LogP contribution in [0.5, 0.6) is 0 Å². The van der Waals surface area contributed by atoms with Gasteiger partial charge in [-0.25, -0.2) is 0 Å². The molecule has 0 amide bonds. The van der Waals surface area contributed by atoms with Crippen molar-refractivity contribution >= 4 is 27.1 Å². The molecule has 2 atom stereocenters. The molecule has 0 bridgehead atoms. The van der Waals surface area contributed by atoms with Gasteiger partial charge in [0.25, 0.3) is 0 Å². The first-order valence-electron chi connectivity index (χ1n) is 4.73. The van der Waals surface area contributed by atoms with Crippen molar-refractivity contribution in [3.63, 3.8) is 0 Å². The zero-order chi connectivity index (χ0) is 15.8. The summed E-state index contributed by atoms with van der Waals surface area (Å²) in [5.74, 6) is -5.72.